The summed E-state index contributed by atoms with van der Waals surface area (Å²) >= 11 is 0.983. The smallest absolute Gasteiger partial charge is 0.247 e. The van der Waals surface area contributed by atoms with Gasteiger partial charge in [-0.25, -0.2) is 9.88 Å². The average molecular weight is 493 g/mol. The zero-order valence-electron chi connectivity index (χ0n) is 19.5. The highest BCUT2D eigenvalue weighted by atomic mass is 32.2. The normalized spacial score (nSPS) is 15.0. The van der Waals surface area contributed by atoms with Gasteiger partial charge in [0.1, 0.15) is 28.5 Å². The van der Waals surface area contributed by atoms with Crippen LogP contribution in [0.1, 0.15) is 48.4 Å². The highest BCUT2D eigenvalue weighted by Gasteiger charge is 2.41. The standard InChI is InChI=1S/C27H20N6O2S/c1-15(2)17-5-7-18(8-6-17)24-20(13-29)25(31)32-26(21(24)14-30)36-22-11-23(34)33(27(22)35)19-9-3-16(12-28)4-10-19/h3-10,15,22H,11H2,1-2H3,(H2,31,32). The van der Waals surface area contributed by atoms with Gasteiger partial charge in [0, 0.05) is 12.0 Å². The Labute approximate surface area is 212 Å². The second kappa shape index (κ2) is 9.92. The molecule has 1 atom stereocenters. The van der Waals surface area contributed by atoms with Gasteiger partial charge in [0.05, 0.1) is 28.1 Å². The predicted octanol–water partition coefficient (Wildman–Crippen LogP) is 4.49. The molecule has 1 fully saturated rings. The second-order valence-electron chi connectivity index (χ2n) is 8.46. The van der Waals surface area contributed by atoms with Gasteiger partial charge in [0.15, 0.2) is 0 Å². The number of thioether (sulfide) groups is 1. The molecule has 2 N–H and O–H groups in total. The summed E-state index contributed by atoms with van der Waals surface area (Å²) in [5.41, 5.74) is 9.19. The Hall–Kier alpha value is -4.65. The van der Waals surface area contributed by atoms with Crippen LogP contribution in [0.25, 0.3) is 11.1 Å². The van der Waals surface area contributed by atoms with Crippen LogP contribution in [0.5, 0.6) is 0 Å². The van der Waals surface area contributed by atoms with Gasteiger partial charge in [-0.2, -0.15) is 15.8 Å². The summed E-state index contributed by atoms with van der Waals surface area (Å²) in [7, 11) is 0. The molecule has 2 aromatic carbocycles. The van der Waals surface area contributed by atoms with E-state index in [1.54, 1.807) is 12.1 Å². The molecule has 1 aliphatic rings. The van der Waals surface area contributed by atoms with Crippen molar-refractivity contribution in [3.8, 4) is 29.3 Å². The number of aromatic nitrogens is 1. The maximum atomic E-state index is 13.2. The number of carbonyl (C=O) groups is 2. The monoisotopic (exact) mass is 492 g/mol. The highest BCUT2D eigenvalue weighted by Crippen LogP contribution is 2.40. The number of imide groups is 1. The molecule has 1 aliphatic heterocycles. The predicted molar refractivity (Wildman–Crippen MR) is 136 cm³/mol. The fourth-order valence-electron chi connectivity index (χ4n) is 3.99. The third-order valence-corrected chi connectivity index (χ3v) is 7.07. The van der Waals surface area contributed by atoms with Crippen LogP contribution in [0.2, 0.25) is 0 Å². The summed E-state index contributed by atoms with van der Waals surface area (Å²) < 4.78 is 0. The van der Waals surface area contributed by atoms with Gasteiger partial charge >= 0.3 is 0 Å². The zero-order valence-corrected chi connectivity index (χ0v) is 20.3. The Morgan fingerprint density at radius 1 is 0.972 bits per heavy atom. The molecule has 0 saturated carbocycles. The third-order valence-electron chi connectivity index (χ3n) is 5.90. The number of rotatable bonds is 5. The molecule has 8 nitrogen and oxygen atoms in total. The summed E-state index contributed by atoms with van der Waals surface area (Å²) in [4.78, 5) is 31.2. The quantitative estimate of drug-likeness (QED) is 0.512. The van der Waals surface area contributed by atoms with Crippen molar-refractivity contribution in [2.45, 2.75) is 36.5 Å². The van der Waals surface area contributed by atoms with Crippen molar-refractivity contribution in [3.05, 3.63) is 70.8 Å². The minimum Gasteiger partial charge on any atom is -0.383 e. The van der Waals surface area contributed by atoms with Crippen LogP contribution in [-0.2, 0) is 9.59 Å². The van der Waals surface area contributed by atoms with Crippen molar-refractivity contribution in [2.24, 2.45) is 0 Å². The minimum absolute atomic E-state index is 0.0531. The van der Waals surface area contributed by atoms with E-state index in [0.717, 1.165) is 22.2 Å². The van der Waals surface area contributed by atoms with Crippen LogP contribution in [0, 0.1) is 34.0 Å². The lowest BCUT2D eigenvalue weighted by Gasteiger charge is -2.16. The largest absolute Gasteiger partial charge is 0.383 e. The van der Waals surface area contributed by atoms with E-state index in [1.165, 1.54) is 12.1 Å². The number of benzene rings is 2. The number of anilines is 2. The number of nitrogen functional groups attached to an aromatic ring is 1. The second-order valence-corrected chi connectivity index (χ2v) is 9.66. The van der Waals surface area contributed by atoms with Crippen molar-refractivity contribution in [1.29, 1.82) is 15.8 Å². The fraction of sp³-hybridized carbons (Fsp3) is 0.185. The van der Waals surface area contributed by atoms with Crippen LogP contribution in [0.4, 0.5) is 11.5 Å². The zero-order chi connectivity index (χ0) is 26.0. The first-order chi connectivity index (χ1) is 17.3. The molecule has 9 heteroatoms. The van der Waals surface area contributed by atoms with E-state index < -0.39 is 17.1 Å². The van der Waals surface area contributed by atoms with Crippen molar-refractivity contribution in [1.82, 2.24) is 4.98 Å². The number of nitriles is 3. The molecule has 1 aromatic heterocycles. The number of carbonyl (C=O) groups excluding carboxylic acids is 2. The molecular formula is C27H20N6O2S. The molecule has 1 saturated heterocycles. The Bertz CT molecular complexity index is 1490. The van der Waals surface area contributed by atoms with E-state index in [2.05, 4.69) is 24.9 Å². The lowest BCUT2D eigenvalue weighted by Crippen LogP contribution is -2.31. The molecule has 2 amide bonds. The van der Waals surface area contributed by atoms with Crippen LogP contribution >= 0.6 is 11.8 Å². The minimum atomic E-state index is -0.823. The molecule has 1 unspecified atom stereocenters. The van der Waals surface area contributed by atoms with Crippen LogP contribution in [-0.4, -0.2) is 22.0 Å². The average Bonchev–Trinajstić information content (AvgIpc) is 3.16. The molecule has 176 valence electrons. The lowest BCUT2D eigenvalue weighted by atomic mass is 9.94. The first-order valence-electron chi connectivity index (χ1n) is 11.1. The molecule has 0 radical (unpaired) electrons. The van der Waals surface area contributed by atoms with Gasteiger partial charge in [0.25, 0.3) is 0 Å². The number of hydrogen-bond donors (Lipinski definition) is 1. The van der Waals surface area contributed by atoms with E-state index in [0.29, 0.717) is 28.3 Å². The van der Waals surface area contributed by atoms with Gasteiger partial charge in [-0.1, -0.05) is 49.9 Å². The molecule has 2 heterocycles. The third kappa shape index (κ3) is 4.38. The highest BCUT2D eigenvalue weighted by molar-refractivity contribution is 8.00. The topological polar surface area (TPSA) is 148 Å². The van der Waals surface area contributed by atoms with E-state index in [4.69, 9.17) is 11.0 Å². The van der Waals surface area contributed by atoms with Crippen LogP contribution < -0.4 is 10.6 Å². The Morgan fingerprint density at radius 3 is 2.17 bits per heavy atom. The number of hydrogen-bond acceptors (Lipinski definition) is 8. The van der Waals surface area contributed by atoms with Crippen molar-refractivity contribution in [2.75, 3.05) is 10.6 Å². The van der Waals surface area contributed by atoms with Crippen molar-refractivity contribution < 1.29 is 9.59 Å². The molecule has 0 spiro atoms. The summed E-state index contributed by atoms with van der Waals surface area (Å²) in [6.07, 6.45) is -0.0889. The summed E-state index contributed by atoms with van der Waals surface area (Å²) in [6.45, 7) is 4.13. The fourth-order valence-corrected chi connectivity index (χ4v) is 5.11. The number of amides is 2. The number of nitrogens with two attached hydrogens (primary N) is 1. The molecule has 4 rings (SSSR count). The Morgan fingerprint density at radius 2 is 1.61 bits per heavy atom. The Balaban J connectivity index is 1.73. The SMILES string of the molecule is CC(C)c1ccc(-c2c(C#N)c(N)nc(SC3CC(=O)N(c4ccc(C#N)cc4)C3=O)c2C#N)cc1. The number of pyridine rings is 1. The van der Waals surface area contributed by atoms with Crippen LogP contribution in [0.3, 0.4) is 0 Å². The molecule has 36 heavy (non-hydrogen) atoms. The molecule has 0 aliphatic carbocycles. The molecule has 0 bridgehead atoms. The first-order valence-corrected chi connectivity index (χ1v) is 11.9. The van der Waals surface area contributed by atoms with Gasteiger partial charge in [0.2, 0.25) is 11.8 Å². The molecule has 3 aromatic rings. The summed E-state index contributed by atoms with van der Waals surface area (Å²) in [5, 5.41) is 28.2. The summed E-state index contributed by atoms with van der Waals surface area (Å²) in [5.74, 6) is -0.593. The van der Waals surface area contributed by atoms with Crippen molar-refractivity contribution >= 4 is 35.1 Å². The first kappa shape index (κ1) is 24.5. The van der Waals surface area contributed by atoms with Gasteiger partial charge in [-0.3, -0.25) is 9.59 Å². The van der Waals surface area contributed by atoms with E-state index in [9.17, 15) is 20.1 Å². The van der Waals surface area contributed by atoms with Gasteiger partial charge < -0.3 is 5.73 Å². The Kier molecular flexibility index (Phi) is 6.74. The van der Waals surface area contributed by atoms with Crippen LogP contribution in [0.15, 0.2) is 53.6 Å². The summed E-state index contributed by atoms with van der Waals surface area (Å²) in [6, 6.07) is 19.8. The maximum absolute atomic E-state index is 13.2. The number of nitrogens with zero attached hydrogens (tertiary/aromatic N) is 5. The van der Waals surface area contributed by atoms with E-state index in [-0.39, 0.29) is 28.4 Å². The van der Waals surface area contributed by atoms with Crippen molar-refractivity contribution in [3.63, 3.8) is 0 Å². The molecular weight excluding hydrogens is 472 g/mol. The van der Waals surface area contributed by atoms with E-state index in [1.807, 2.05) is 36.4 Å². The van der Waals surface area contributed by atoms with E-state index >= 15 is 0 Å². The van der Waals surface area contributed by atoms with Gasteiger partial charge in [-0.15, -0.1) is 0 Å². The lowest BCUT2D eigenvalue weighted by molar-refractivity contribution is -0.121. The van der Waals surface area contributed by atoms with Gasteiger partial charge in [-0.05, 0) is 41.3 Å². The maximum Gasteiger partial charge on any atom is 0.247 e.